The Morgan fingerprint density at radius 3 is 1.75 bits per heavy atom. The summed E-state index contributed by atoms with van der Waals surface area (Å²) in [4.78, 5) is 10.7. The monoisotopic (exact) mass is 930 g/mol. The van der Waals surface area contributed by atoms with Crippen LogP contribution in [0.4, 0.5) is 0 Å². The van der Waals surface area contributed by atoms with Gasteiger partial charge < -0.3 is 9.13 Å². The maximum atomic E-state index is 5.36. The molecule has 0 aliphatic heterocycles. The topological polar surface area (TPSA) is 34.6 Å². The van der Waals surface area contributed by atoms with E-state index in [1.807, 2.05) is 19.1 Å². The first kappa shape index (κ1) is 38.1. The minimum absolute atomic E-state index is 0.657. The lowest BCUT2D eigenvalue weighted by molar-refractivity contribution is 1.18. The summed E-state index contributed by atoms with van der Waals surface area (Å²) in [5.41, 5.74) is 10.8. The molecule has 0 fully saturated rings. The van der Waals surface area contributed by atoms with Crippen LogP contribution in [0.3, 0.4) is 0 Å². The molecule has 0 spiro atoms. The molecular weight excluding hydrogens is 892 g/mol. The average molecular weight is 931 g/mol. The van der Waals surface area contributed by atoms with Crippen LogP contribution in [-0.4, -0.2) is 18.7 Å². The molecule has 0 radical (unpaired) electrons. The predicted molar refractivity (Wildman–Crippen MR) is 281 cm³/mol. The molecule has 0 N–H and O–H groups in total. The van der Waals surface area contributed by atoms with Crippen LogP contribution in [0.25, 0.3) is 93.0 Å². The Bertz CT molecular complexity index is 3910. The summed E-state index contributed by atoms with van der Waals surface area (Å²) in [5.74, 6) is 0.657. The van der Waals surface area contributed by atoms with Crippen molar-refractivity contribution < 1.29 is 0 Å². The van der Waals surface area contributed by atoms with Gasteiger partial charge in [0, 0.05) is 43.7 Å². The van der Waals surface area contributed by atoms with Crippen molar-refractivity contribution >= 4 is 114 Å². The van der Waals surface area contributed by atoms with Crippen LogP contribution in [0.15, 0.2) is 228 Å². The zero-order valence-electron chi connectivity index (χ0n) is 35.0. The van der Waals surface area contributed by atoms with E-state index in [-0.39, 0.29) is 0 Å². The highest BCUT2D eigenvalue weighted by Crippen LogP contribution is 2.45. The van der Waals surface area contributed by atoms with Gasteiger partial charge in [0.2, 0.25) is 0 Å². The minimum Gasteiger partial charge on any atom is -0.309 e. The molecule has 12 aromatic rings. The van der Waals surface area contributed by atoms with Crippen LogP contribution in [0.1, 0.15) is 23.6 Å². The molecule has 5 heteroatoms. The van der Waals surface area contributed by atoms with Gasteiger partial charge in [0.25, 0.3) is 0 Å². The molecule has 0 atom stereocenters. The predicted octanol–water partition coefficient (Wildman–Crippen LogP) is 16.0. The number of rotatable bonds is 6. The number of fused-ring (bicyclic) bond motifs is 11. The summed E-state index contributed by atoms with van der Waals surface area (Å²) in [7, 11) is 0. The first-order valence-corrected chi connectivity index (χ1v) is 22.7. The summed E-state index contributed by atoms with van der Waals surface area (Å²) in [6.07, 6.45) is 2.07. The van der Waals surface area contributed by atoms with Gasteiger partial charge in [-0.25, -0.2) is 9.98 Å². The van der Waals surface area contributed by atoms with E-state index in [9.17, 15) is 0 Å². The lowest BCUT2D eigenvalue weighted by atomic mass is 10.0. The van der Waals surface area contributed by atoms with Gasteiger partial charge in [-0.1, -0.05) is 170 Å². The Balaban J connectivity index is 1.15. The average Bonchev–Trinajstić information content (AvgIpc) is 3.88. The standard InChI is InChI=1S/C59H39IN4/c1-2-49(40-19-5-3-6-20-40)61-59(62-58(60)41-21-7-4-8-22-41)47-32-34-51(46-26-14-13-25-45(46)47)64-53-33-30-39-18-11-12-24-44(39)55(53)57-54(64)36-35-52-56(57)48-27-15-16-28-50(48)63(52)43-31-29-38-17-9-10-23-42(38)37-43/h2-37H,1H3/b49-2+,61-59-,62-58-. The molecule has 10 aromatic carbocycles. The van der Waals surface area contributed by atoms with E-state index in [4.69, 9.17) is 9.98 Å². The van der Waals surface area contributed by atoms with Crippen LogP contribution in [0, 0.1) is 0 Å². The quantitative estimate of drug-likeness (QED) is 0.0905. The van der Waals surface area contributed by atoms with Crippen molar-refractivity contribution in [1.29, 1.82) is 0 Å². The highest BCUT2D eigenvalue weighted by Gasteiger charge is 2.24. The number of halogens is 1. The SMILES string of the molecule is C/C=C(/N=C(\N=C(/I)c1ccccc1)c1ccc(-n2c3ccc4ccccc4c3c3c4c5ccccc5n(-c5ccc6ccccc6c5)c4ccc32)c2ccccc12)c1ccccc1. The molecule has 0 bridgehead atoms. The van der Waals surface area contributed by atoms with E-state index in [1.165, 1.54) is 54.1 Å². The largest absolute Gasteiger partial charge is 0.309 e. The Morgan fingerprint density at radius 1 is 0.422 bits per heavy atom. The van der Waals surface area contributed by atoms with E-state index in [0.717, 1.165) is 59.3 Å². The molecule has 64 heavy (non-hydrogen) atoms. The number of amidine groups is 1. The van der Waals surface area contributed by atoms with Crippen molar-refractivity contribution in [1.82, 2.24) is 9.13 Å². The van der Waals surface area contributed by atoms with E-state index in [0.29, 0.717) is 5.84 Å². The summed E-state index contributed by atoms with van der Waals surface area (Å²) >= 11 is 2.35. The lowest BCUT2D eigenvalue weighted by Crippen LogP contribution is -2.05. The first-order valence-electron chi connectivity index (χ1n) is 21.6. The highest BCUT2D eigenvalue weighted by molar-refractivity contribution is 14.1. The van der Waals surface area contributed by atoms with Crippen LogP contribution in [0.2, 0.25) is 0 Å². The van der Waals surface area contributed by atoms with Crippen molar-refractivity contribution in [2.24, 2.45) is 9.98 Å². The molecule has 2 heterocycles. The van der Waals surface area contributed by atoms with E-state index >= 15 is 0 Å². The molecular formula is C59H39IN4. The number of nitrogens with zero attached hydrogens (tertiary/aromatic N) is 4. The first-order chi connectivity index (χ1) is 31.6. The second kappa shape index (κ2) is 15.6. The molecule has 2 aromatic heterocycles. The molecule has 0 amide bonds. The Labute approximate surface area is 383 Å². The van der Waals surface area contributed by atoms with Gasteiger partial charge in [-0.3, -0.25) is 0 Å². The molecule has 12 rings (SSSR count). The van der Waals surface area contributed by atoms with Crippen molar-refractivity contribution in [3.05, 3.63) is 235 Å². The van der Waals surface area contributed by atoms with Crippen LogP contribution in [0.5, 0.6) is 0 Å². The zero-order chi connectivity index (χ0) is 42.7. The zero-order valence-corrected chi connectivity index (χ0v) is 37.1. The number of para-hydroxylation sites is 1. The summed E-state index contributed by atoms with van der Waals surface area (Å²) in [5, 5.41) is 12.1. The van der Waals surface area contributed by atoms with Crippen LogP contribution in [-0.2, 0) is 0 Å². The summed E-state index contributed by atoms with van der Waals surface area (Å²) in [6.45, 7) is 2.04. The number of hydrogen-bond acceptors (Lipinski definition) is 1. The minimum atomic E-state index is 0.657. The Hall–Kier alpha value is -7.61. The van der Waals surface area contributed by atoms with Crippen molar-refractivity contribution in [3.8, 4) is 11.4 Å². The highest BCUT2D eigenvalue weighted by atomic mass is 127. The van der Waals surface area contributed by atoms with Gasteiger partial charge in [0.15, 0.2) is 5.84 Å². The normalized spacial score (nSPS) is 12.8. The number of hydrogen-bond donors (Lipinski definition) is 0. The van der Waals surface area contributed by atoms with Crippen molar-refractivity contribution in [2.75, 3.05) is 0 Å². The fourth-order valence-corrected chi connectivity index (χ4v) is 10.3. The van der Waals surface area contributed by atoms with Gasteiger partial charge in [0.1, 0.15) is 3.72 Å². The van der Waals surface area contributed by atoms with Gasteiger partial charge >= 0.3 is 0 Å². The van der Waals surface area contributed by atoms with Crippen LogP contribution < -0.4 is 0 Å². The van der Waals surface area contributed by atoms with E-state index < -0.39 is 0 Å². The molecule has 0 saturated carbocycles. The second-order valence-electron chi connectivity index (χ2n) is 16.2. The van der Waals surface area contributed by atoms with Gasteiger partial charge in [-0.2, -0.15) is 0 Å². The molecule has 0 aliphatic carbocycles. The van der Waals surface area contributed by atoms with Gasteiger partial charge in [0.05, 0.1) is 33.5 Å². The number of aliphatic imine (C=N–C) groups is 2. The molecule has 0 unspecified atom stereocenters. The van der Waals surface area contributed by atoms with Gasteiger partial charge in [-0.15, -0.1) is 0 Å². The van der Waals surface area contributed by atoms with E-state index in [2.05, 4.69) is 238 Å². The lowest BCUT2D eigenvalue weighted by Gasteiger charge is -2.15. The fraction of sp³-hybridized carbons (Fsp3) is 0.0169. The number of aromatic nitrogens is 2. The Morgan fingerprint density at radius 2 is 0.984 bits per heavy atom. The smallest absolute Gasteiger partial charge is 0.161 e. The number of allylic oxidation sites excluding steroid dienone is 1. The third-order valence-electron chi connectivity index (χ3n) is 12.6. The summed E-state index contributed by atoms with van der Waals surface area (Å²) in [6, 6.07) is 76.3. The van der Waals surface area contributed by atoms with Crippen molar-refractivity contribution in [2.45, 2.75) is 6.92 Å². The molecule has 4 nitrogen and oxygen atoms in total. The fourth-order valence-electron chi connectivity index (χ4n) is 9.75. The Kier molecular flexibility index (Phi) is 9.30. The third-order valence-corrected chi connectivity index (χ3v) is 13.5. The number of benzene rings is 10. The second-order valence-corrected chi connectivity index (χ2v) is 17.2. The van der Waals surface area contributed by atoms with Crippen LogP contribution >= 0.6 is 22.6 Å². The maximum Gasteiger partial charge on any atom is 0.161 e. The van der Waals surface area contributed by atoms with E-state index in [1.54, 1.807) is 0 Å². The van der Waals surface area contributed by atoms with Gasteiger partial charge in [-0.05, 0) is 111 Å². The maximum absolute atomic E-state index is 5.36. The molecule has 302 valence electrons. The molecule has 0 saturated heterocycles. The summed E-state index contributed by atoms with van der Waals surface area (Å²) < 4.78 is 5.80. The third kappa shape index (κ3) is 6.18. The van der Waals surface area contributed by atoms with Crippen molar-refractivity contribution in [3.63, 3.8) is 0 Å². The molecule has 0 aliphatic rings.